The highest BCUT2D eigenvalue weighted by Gasteiger charge is 2.71. The van der Waals surface area contributed by atoms with Gasteiger partial charge in [0.25, 0.3) is 5.67 Å². The predicted octanol–water partition coefficient (Wildman–Crippen LogP) is 11.3. The monoisotopic (exact) mass is 600 g/mol. The molecule has 0 saturated carbocycles. The van der Waals surface area contributed by atoms with Crippen molar-refractivity contribution >= 4 is 0 Å². The van der Waals surface area contributed by atoms with Crippen molar-refractivity contribution in [3.8, 4) is 0 Å². The third kappa shape index (κ3) is 16.8. The van der Waals surface area contributed by atoms with E-state index in [1.807, 2.05) is 18.2 Å². The first-order valence-electron chi connectivity index (χ1n) is 15.4. The van der Waals surface area contributed by atoms with Gasteiger partial charge in [-0.05, 0) is 37.2 Å². The van der Waals surface area contributed by atoms with Crippen molar-refractivity contribution in [2.24, 2.45) is 5.92 Å². The van der Waals surface area contributed by atoms with E-state index in [4.69, 9.17) is 9.47 Å². The Morgan fingerprint density at radius 3 is 1.49 bits per heavy atom. The lowest BCUT2D eigenvalue weighted by Crippen LogP contribution is -2.53. The molecule has 0 N–H and O–H groups in total. The Balaban J connectivity index is 1.94. The van der Waals surface area contributed by atoms with E-state index >= 15 is 0 Å². The third-order valence-corrected chi connectivity index (χ3v) is 7.33. The van der Waals surface area contributed by atoms with Crippen LogP contribution in [0.3, 0.4) is 0 Å². The van der Waals surface area contributed by atoms with Gasteiger partial charge in [-0.2, -0.15) is 26.3 Å². The van der Waals surface area contributed by atoms with Gasteiger partial charge in [-0.15, -0.1) is 0 Å². The smallest absolute Gasteiger partial charge is 0.379 e. The van der Waals surface area contributed by atoms with Crippen LogP contribution in [0, 0.1) is 5.92 Å². The molecule has 0 saturated heterocycles. The summed E-state index contributed by atoms with van der Waals surface area (Å²) in [5.41, 5.74) is -3.94. The highest BCUT2D eigenvalue weighted by molar-refractivity contribution is 5.13. The van der Waals surface area contributed by atoms with Gasteiger partial charge in [0.1, 0.15) is 0 Å². The highest BCUT2D eigenvalue weighted by atomic mass is 19.4. The fourth-order valence-electron chi connectivity index (χ4n) is 4.85. The topological polar surface area (TPSA) is 18.5 Å². The van der Waals surface area contributed by atoms with Crippen molar-refractivity contribution in [2.45, 2.75) is 147 Å². The van der Waals surface area contributed by atoms with Crippen LogP contribution >= 0.6 is 0 Å². The maximum atomic E-state index is 13.6. The first kappa shape index (κ1) is 37.7. The Kier molecular flexibility index (Phi) is 18.9. The van der Waals surface area contributed by atoms with Gasteiger partial charge in [-0.3, -0.25) is 0 Å². The van der Waals surface area contributed by atoms with E-state index in [2.05, 4.69) is 26.0 Å². The van der Waals surface area contributed by atoms with Crippen LogP contribution in [0.15, 0.2) is 30.3 Å². The second-order valence-corrected chi connectivity index (χ2v) is 11.6. The first-order valence-corrected chi connectivity index (χ1v) is 15.4. The highest BCUT2D eigenvalue weighted by Crippen LogP contribution is 2.49. The summed E-state index contributed by atoms with van der Waals surface area (Å²) >= 11 is 0. The average Bonchev–Trinajstić information content (AvgIpc) is 2.89. The van der Waals surface area contributed by atoms with Crippen LogP contribution in [0.4, 0.5) is 30.7 Å². The molecule has 240 valence electrons. The SMILES string of the molecule is CC(C)CC(COCCCCCCCCCCCCCCCCC(F)(C(F)(F)F)C(F)(F)F)OCc1ccccc1. The van der Waals surface area contributed by atoms with E-state index in [9.17, 15) is 30.7 Å². The van der Waals surface area contributed by atoms with Gasteiger partial charge in [0.15, 0.2) is 0 Å². The molecule has 9 heteroatoms. The quantitative estimate of drug-likeness (QED) is 0.0868. The molecule has 1 aromatic carbocycles. The Hall–Kier alpha value is -1.35. The summed E-state index contributed by atoms with van der Waals surface area (Å²) < 4.78 is 101. The number of hydrogen-bond donors (Lipinski definition) is 0. The van der Waals surface area contributed by atoms with E-state index in [1.54, 1.807) is 0 Å². The summed E-state index contributed by atoms with van der Waals surface area (Å²) in [5, 5.41) is 0. The third-order valence-electron chi connectivity index (χ3n) is 7.33. The molecule has 0 aliphatic heterocycles. The largest absolute Gasteiger partial charge is 0.431 e. The minimum Gasteiger partial charge on any atom is -0.379 e. The van der Waals surface area contributed by atoms with Gasteiger partial charge >= 0.3 is 12.4 Å². The summed E-state index contributed by atoms with van der Waals surface area (Å²) in [4.78, 5) is 0. The number of benzene rings is 1. The second kappa shape index (κ2) is 20.5. The van der Waals surface area contributed by atoms with Gasteiger partial charge < -0.3 is 9.47 Å². The van der Waals surface area contributed by atoms with E-state index in [0.717, 1.165) is 58.0 Å². The van der Waals surface area contributed by atoms with Crippen molar-refractivity contribution < 1.29 is 40.2 Å². The fourth-order valence-corrected chi connectivity index (χ4v) is 4.85. The Bertz CT molecular complexity index is 737. The number of hydrogen-bond acceptors (Lipinski definition) is 2. The molecule has 0 spiro atoms. The molecule has 0 radical (unpaired) electrons. The predicted molar refractivity (Wildman–Crippen MR) is 150 cm³/mol. The Morgan fingerprint density at radius 1 is 0.610 bits per heavy atom. The minimum absolute atomic E-state index is 0.105. The molecule has 0 aliphatic carbocycles. The number of halogens is 7. The van der Waals surface area contributed by atoms with Gasteiger partial charge in [0.2, 0.25) is 0 Å². The standard InChI is InChI=1S/C32H51F7O2/c1-27(2)24-29(41-25-28-20-16-15-17-21-28)26-40-23-19-14-12-10-8-6-4-3-5-7-9-11-13-18-22-30(33,31(34,35)36)32(37,38)39/h15-17,20-21,27,29H,3-14,18-19,22-26H2,1-2H3. The van der Waals surface area contributed by atoms with Crippen molar-refractivity contribution in [3.63, 3.8) is 0 Å². The minimum atomic E-state index is -5.94. The molecule has 1 aromatic rings. The van der Waals surface area contributed by atoms with Gasteiger partial charge in [-0.1, -0.05) is 121 Å². The fraction of sp³-hybridized carbons (Fsp3) is 0.812. The molecule has 1 rings (SSSR count). The lowest BCUT2D eigenvalue weighted by molar-refractivity contribution is -0.343. The molecule has 0 bridgehead atoms. The van der Waals surface area contributed by atoms with Crippen LogP contribution in [0.25, 0.3) is 0 Å². The lowest BCUT2D eigenvalue weighted by Gasteiger charge is -2.29. The summed E-state index contributed by atoms with van der Waals surface area (Å²) in [6.45, 7) is 6.37. The molecule has 0 heterocycles. The Morgan fingerprint density at radius 2 is 1.05 bits per heavy atom. The molecule has 0 amide bonds. The van der Waals surface area contributed by atoms with Crippen molar-refractivity contribution in [1.82, 2.24) is 0 Å². The van der Waals surface area contributed by atoms with Crippen molar-refractivity contribution in [3.05, 3.63) is 35.9 Å². The molecular weight excluding hydrogens is 549 g/mol. The summed E-state index contributed by atoms with van der Waals surface area (Å²) in [5.74, 6) is 0.550. The van der Waals surface area contributed by atoms with Crippen LogP contribution in [0.1, 0.15) is 122 Å². The normalized spacial score (nSPS) is 13.7. The molecule has 41 heavy (non-hydrogen) atoms. The van der Waals surface area contributed by atoms with Crippen molar-refractivity contribution in [2.75, 3.05) is 13.2 Å². The maximum absolute atomic E-state index is 13.6. The zero-order valence-electron chi connectivity index (χ0n) is 24.9. The number of alkyl halides is 7. The van der Waals surface area contributed by atoms with Crippen LogP contribution < -0.4 is 0 Å². The average molecular weight is 601 g/mol. The lowest BCUT2D eigenvalue weighted by atomic mass is 9.95. The first-order chi connectivity index (χ1) is 19.4. The van der Waals surface area contributed by atoms with Crippen molar-refractivity contribution in [1.29, 1.82) is 0 Å². The Labute approximate surface area is 242 Å². The van der Waals surface area contributed by atoms with Gasteiger partial charge in [-0.25, -0.2) is 4.39 Å². The van der Waals surface area contributed by atoms with Crippen LogP contribution in [0.5, 0.6) is 0 Å². The molecule has 1 atom stereocenters. The van der Waals surface area contributed by atoms with Crippen LogP contribution in [-0.2, 0) is 16.1 Å². The molecule has 0 aliphatic rings. The zero-order valence-corrected chi connectivity index (χ0v) is 24.9. The van der Waals surface area contributed by atoms with E-state index in [0.29, 0.717) is 25.6 Å². The van der Waals surface area contributed by atoms with Gasteiger partial charge in [0.05, 0.1) is 19.3 Å². The van der Waals surface area contributed by atoms with E-state index < -0.39 is 30.9 Å². The number of ether oxygens (including phenoxy) is 2. The molecule has 0 fully saturated rings. The molecular formula is C32H51F7O2. The number of unbranched alkanes of at least 4 members (excludes halogenated alkanes) is 13. The molecule has 2 nitrogen and oxygen atoms in total. The molecule has 1 unspecified atom stereocenters. The second-order valence-electron chi connectivity index (χ2n) is 11.6. The van der Waals surface area contributed by atoms with Crippen LogP contribution in [0.2, 0.25) is 0 Å². The summed E-state index contributed by atoms with van der Waals surface area (Å²) in [7, 11) is 0. The van der Waals surface area contributed by atoms with Gasteiger partial charge in [0, 0.05) is 6.61 Å². The number of rotatable bonds is 24. The van der Waals surface area contributed by atoms with Crippen LogP contribution in [-0.4, -0.2) is 37.3 Å². The van der Waals surface area contributed by atoms with E-state index in [1.165, 1.54) is 31.2 Å². The summed E-state index contributed by atoms with van der Waals surface area (Å²) in [6, 6.07) is 10.2. The maximum Gasteiger partial charge on any atom is 0.431 e. The summed E-state index contributed by atoms with van der Waals surface area (Å²) in [6.07, 6.45) is -0.296. The molecule has 0 aromatic heterocycles. The van der Waals surface area contributed by atoms with E-state index in [-0.39, 0.29) is 12.5 Å². The zero-order chi connectivity index (χ0) is 30.6.